The number of nitrogens with zero attached hydrogens (tertiary/aromatic N) is 2. The minimum absolute atomic E-state index is 0. The monoisotopic (exact) mass is 401 g/mol. The predicted molar refractivity (Wildman–Crippen MR) is 112 cm³/mol. The molecule has 0 amide bonds. The van der Waals surface area contributed by atoms with Crippen LogP contribution in [-0.2, 0) is 19.4 Å². The lowest BCUT2D eigenvalue weighted by Gasteiger charge is -2.42. The Morgan fingerprint density at radius 3 is 2.60 bits per heavy atom. The van der Waals surface area contributed by atoms with E-state index in [4.69, 9.17) is 10.7 Å². The van der Waals surface area contributed by atoms with Crippen molar-refractivity contribution in [1.82, 2.24) is 9.88 Å². The number of aromatic nitrogens is 1. The van der Waals surface area contributed by atoms with E-state index in [0.717, 1.165) is 38.9 Å². The fourth-order valence-electron chi connectivity index (χ4n) is 3.28. The molecule has 6 heteroatoms. The van der Waals surface area contributed by atoms with Crippen molar-refractivity contribution < 1.29 is 0 Å². The van der Waals surface area contributed by atoms with Crippen LogP contribution in [0, 0.1) is 5.41 Å². The summed E-state index contributed by atoms with van der Waals surface area (Å²) < 4.78 is 0. The highest BCUT2D eigenvalue weighted by Gasteiger charge is 2.33. The van der Waals surface area contributed by atoms with Crippen LogP contribution in [0.3, 0.4) is 0 Å². The van der Waals surface area contributed by atoms with Gasteiger partial charge in [-0.1, -0.05) is 44.2 Å². The largest absolute Gasteiger partial charge is 0.327 e. The first-order valence-electron chi connectivity index (χ1n) is 8.48. The first-order valence-corrected chi connectivity index (χ1v) is 9.36. The minimum Gasteiger partial charge on any atom is -0.327 e. The lowest BCUT2D eigenvalue weighted by molar-refractivity contribution is 0.0890. The lowest BCUT2D eigenvalue weighted by atomic mass is 9.80. The fraction of sp³-hybridized carbons (Fsp3) is 0.526. The normalized spacial score (nSPS) is 19.7. The van der Waals surface area contributed by atoms with Crippen molar-refractivity contribution in [3.05, 3.63) is 52.0 Å². The van der Waals surface area contributed by atoms with Gasteiger partial charge in [-0.05, 0) is 23.8 Å². The van der Waals surface area contributed by atoms with Crippen molar-refractivity contribution in [2.75, 3.05) is 13.1 Å². The summed E-state index contributed by atoms with van der Waals surface area (Å²) in [5.41, 5.74) is 9.02. The quantitative estimate of drug-likeness (QED) is 0.810. The molecule has 1 aliphatic rings. The van der Waals surface area contributed by atoms with Crippen LogP contribution in [0.25, 0.3) is 0 Å². The number of aryl methyl sites for hydroxylation is 2. The highest BCUT2D eigenvalue weighted by molar-refractivity contribution is 7.09. The van der Waals surface area contributed by atoms with Crippen LogP contribution in [0.15, 0.2) is 35.7 Å². The molecule has 0 saturated carbocycles. The molecule has 1 saturated heterocycles. The summed E-state index contributed by atoms with van der Waals surface area (Å²) in [6.45, 7) is 7.65. The van der Waals surface area contributed by atoms with Gasteiger partial charge in [0.2, 0.25) is 0 Å². The highest BCUT2D eigenvalue weighted by Crippen LogP contribution is 2.28. The SMILES string of the molecule is CC1(C)CN(Cc2csc(CCc3ccccc3)n2)CCC1N.Cl.Cl. The molecule has 1 atom stereocenters. The van der Waals surface area contributed by atoms with Crippen LogP contribution in [0.1, 0.15) is 36.5 Å². The Labute approximate surface area is 167 Å². The Bertz CT molecular complexity index is 631. The van der Waals surface area contributed by atoms with Crippen molar-refractivity contribution in [3.63, 3.8) is 0 Å². The molecule has 2 N–H and O–H groups in total. The predicted octanol–water partition coefficient (Wildman–Crippen LogP) is 4.33. The molecule has 3 rings (SSSR count). The number of hydrogen-bond donors (Lipinski definition) is 1. The van der Waals surface area contributed by atoms with Gasteiger partial charge in [0.25, 0.3) is 0 Å². The summed E-state index contributed by atoms with van der Waals surface area (Å²) in [7, 11) is 0. The summed E-state index contributed by atoms with van der Waals surface area (Å²) in [6, 6.07) is 11.0. The lowest BCUT2D eigenvalue weighted by Crippen LogP contribution is -2.52. The number of halogens is 2. The van der Waals surface area contributed by atoms with E-state index in [0.29, 0.717) is 6.04 Å². The molecular weight excluding hydrogens is 373 g/mol. The molecular formula is C19H29Cl2N3S. The van der Waals surface area contributed by atoms with Crippen molar-refractivity contribution in [2.45, 2.75) is 45.7 Å². The Hall–Kier alpha value is -0.650. The van der Waals surface area contributed by atoms with Crippen LogP contribution in [0.5, 0.6) is 0 Å². The Morgan fingerprint density at radius 2 is 1.92 bits per heavy atom. The third kappa shape index (κ3) is 6.22. The average molecular weight is 402 g/mol. The standard InChI is InChI=1S/C19H27N3S.2ClH/c1-19(2)14-22(11-10-17(19)20)12-16-13-23-18(21-16)9-8-15-6-4-3-5-7-15;;/h3-7,13,17H,8-12,14,20H2,1-2H3;2*1H. The second-order valence-corrected chi connectivity index (χ2v) is 8.26. The van der Waals surface area contributed by atoms with Gasteiger partial charge in [-0.15, -0.1) is 36.2 Å². The number of piperidine rings is 1. The minimum atomic E-state index is 0. The van der Waals surface area contributed by atoms with Gasteiger partial charge < -0.3 is 5.73 Å². The average Bonchev–Trinajstić information content (AvgIpc) is 2.97. The molecule has 2 heterocycles. The number of thiazole rings is 1. The molecule has 1 aromatic heterocycles. The van der Waals surface area contributed by atoms with Crippen LogP contribution >= 0.6 is 36.2 Å². The van der Waals surface area contributed by atoms with Gasteiger partial charge in [-0.3, -0.25) is 4.90 Å². The molecule has 1 aliphatic heterocycles. The van der Waals surface area contributed by atoms with E-state index in [1.807, 2.05) is 0 Å². The molecule has 1 unspecified atom stereocenters. The molecule has 0 bridgehead atoms. The number of rotatable bonds is 5. The molecule has 0 spiro atoms. The van der Waals surface area contributed by atoms with E-state index in [9.17, 15) is 0 Å². The van der Waals surface area contributed by atoms with Crippen molar-refractivity contribution >= 4 is 36.2 Å². The van der Waals surface area contributed by atoms with Crippen molar-refractivity contribution in [1.29, 1.82) is 0 Å². The van der Waals surface area contributed by atoms with E-state index in [-0.39, 0.29) is 30.2 Å². The summed E-state index contributed by atoms with van der Waals surface area (Å²) in [4.78, 5) is 7.33. The molecule has 0 radical (unpaired) electrons. The topological polar surface area (TPSA) is 42.2 Å². The summed E-state index contributed by atoms with van der Waals surface area (Å²) >= 11 is 1.80. The maximum Gasteiger partial charge on any atom is 0.0932 e. The Kier molecular flexibility index (Phi) is 8.85. The van der Waals surface area contributed by atoms with Gasteiger partial charge in [0.15, 0.2) is 0 Å². The maximum absolute atomic E-state index is 6.23. The van der Waals surface area contributed by atoms with Crippen LogP contribution in [0.2, 0.25) is 0 Å². The van der Waals surface area contributed by atoms with Gasteiger partial charge >= 0.3 is 0 Å². The fourth-order valence-corrected chi connectivity index (χ4v) is 4.07. The molecule has 1 fully saturated rings. The van der Waals surface area contributed by atoms with Crippen molar-refractivity contribution in [2.24, 2.45) is 11.1 Å². The van der Waals surface area contributed by atoms with Crippen LogP contribution in [0.4, 0.5) is 0 Å². The second-order valence-electron chi connectivity index (χ2n) is 7.31. The Balaban J connectivity index is 0.00000156. The maximum atomic E-state index is 6.23. The third-order valence-electron chi connectivity index (χ3n) is 4.85. The highest BCUT2D eigenvalue weighted by atomic mass is 35.5. The van der Waals surface area contributed by atoms with Gasteiger partial charge in [-0.25, -0.2) is 4.98 Å². The third-order valence-corrected chi connectivity index (χ3v) is 5.80. The molecule has 0 aliphatic carbocycles. The van der Waals surface area contributed by atoms with Gasteiger partial charge in [0.05, 0.1) is 10.7 Å². The molecule has 1 aromatic carbocycles. The number of hydrogen-bond acceptors (Lipinski definition) is 4. The zero-order valence-electron chi connectivity index (χ0n) is 15.0. The van der Waals surface area contributed by atoms with Crippen LogP contribution in [-0.4, -0.2) is 29.0 Å². The van der Waals surface area contributed by atoms with Gasteiger partial charge in [-0.2, -0.15) is 0 Å². The zero-order chi connectivity index (χ0) is 16.3. The zero-order valence-corrected chi connectivity index (χ0v) is 17.4. The van der Waals surface area contributed by atoms with Gasteiger partial charge in [0, 0.05) is 37.5 Å². The first-order chi connectivity index (χ1) is 11.0. The second kappa shape index (κ2) is 9.89. The molecule has 3 nitrogen and oxygen atoms in total. The van der Waals surface area contributed by atoms with Crippen molar-refractivity contribution in [3.8, 4) is 0 Å². The summed E-state index contributed by atoms with van der Waals surface area (Å²) in [6.07, 6.45) is 3.18. The molecule has 140 valence electrons. The number of benzene rings is 1. The van der Waals surface area contributed by atoms with E-state index in [2.05, 4.69) is 54.5 Å². The number of likely N-dealkylation sites (tertiary alicyclic amines) is 1. The van der Waals surface area contributed by atoms with E-state index < -0.39 is 0 Å². The van der Waals surface area contributed by atoms with E-state index in [1.165, 1.54) is 16.3 Å². The van der Waals surface area contributed by atoms with Gasteiger partial charge in [0.1, 0.15) is 0 Å². The number of nitrogens with two attached hydrogens (primary N) is 1. The summed E-state index contributed by atoms with van der Waals surface area (Å²) in [5.74, 6) is 0. The smallest absolute Gasteiger partial charge is 0.0932 e. The molecule has 25 heavy (non-hydrogen) atoms. The Morgan fingerprint density at radius 1 is 1.20 bits per heavy atom. The molecule has 2 aromatic rings. The van der Waals surface area contributed by atoms with E-state index >= 15 is 0 Å². The van der Waals surface area contributed by atoms with E-state index in [1.54, 1.807) is 11.3 Å². The summed E-state index contributed by atoms with van der Waals surface area (Å²) in [5, 5.41) is 3.47. The van der Waals surface area contributed by atoms with Crippen LogP contribution < -0.4 is 5.73 Å². The first kappa shape index (κ1) is 22.4.